The Morgan fingerprint density at radius 3 is 2.43 bits per heavy atom. The fourth-order valence-electron chi connectivity index (χ4n) is 2.76. The highest BCUT2D eigenvalue weighted by Crippen LogP contribution is 2.35. The van der Waals surface area contributed by atoms with Gasteiger partial charge in [0.15, 0.2) is 0 Å². The molecular formula is C17H24N2O4. The molecule has 1 aromatic heterocycles. The van der Waals surface area contributed by atoms with Crippen LogP contribution in [-0.4, -0.2) is 45.7 Å². The summed E-state index contributed by atoms with van der Waals surface area (Å²) in [5.74, 6) is -0.827. The van der Waals surface area contributed by atoms with Crippen LogP contribution in [0.3, 0.4) is 0 Å². The van der Waals surface area contributed by atoms with E-state index < -0.39 is 17.0 Å². The largest absolute Gasteiger partial charge is 0.481 e. The first kappa shape index (κ1) is 17.2. The fraction of sp³-hybridized carbons (Fsp3) is 0.588. The van der Waals surface area contributed by atoms with Crippen LogP contribution in [0.15, 0.2) is 24.4 Å². The molecule has 6 heteroatoms. The lowest BCUT2D eigenvalue weighted by Gasteiger charge is -2.39. The summed E-state index contributed by atoms with van der Waals surface area (Å²) in [5.41, 5.74) is -0.653. The summed E-state index contributed by atoms with van der Waals surface area (Å²) < 4.78 is 5.35. The zero-order valence-corrected chi connectivity index (χ0v) is 13.9. The molecule has 0 radical (unpaired) electrons. The number of amides is 1. The SMILES string of the molecule is CC(C)(C)OC(=O)N1CCC(Cc2ccccn2)(C(=O)O)CC1. The number of aliphatic carboxylic acids is 1. The lowest BCUT2D eigenvalue weighted by Crippen LogP contribution is -2.48. The molecule has 2 rings (SSSR count). The standard InChI is InChI=1S/C17H24N2O4/c1-16(2,3)23-15(22)19-10-7-17(8-11-19,14(20)21)12-13-6-4-5-9-18-13/h4-6,9H,7-8,10-12H2,1-3H3,(H,20,21). The molecule has 0 saturated carbocycles. The minimum Gasteiger partial charge on any atom is -0.481 e. The molecule has 1 aliphatic rings. The number of nitrogens with zero attached hydrogens (tertiary/aromatic N) is 2. The summed E-state index contributed by atoms with van der Waals surface area (Å²) >= 11 is 0. The number of likely N-dealkylation sites (tertiary alicyclic amines) is 1. The Morgan fingerprint density at radius 1 is 1.30 bits per heavy atom. The zero-order valence-electron chi connectivity index (χ0n) is 13.9. The molecule has 0 spiro atoms. The third kappa shape index (κ3) is 4.43. The van der Waals surface area contributed by atoms with Crippen molar-refractivity contribution in [1.29, 1.82) is 0 Å². The van der Waals surface area contributed by atoms with Gasteiger partial charge in [0.1, 0.15) is 5.60 Å². The molecule has 1 aromatic rings. The summed E-state index contributed by atoms with van der Waals surface area (Å²) in [7, 11) is 0. The van der Waals surface area contributed by atoms with E-state index in [-0.39, 0.29) is 6.09 Å². The Labute approximate surface area is 136 Å². The van der Waals surface area contributed by atoms with Gasteiger partial charge in [0.05, 0.1) is 5.41 Å². The second-order valence-electron chi connectivity index (χ2n) is 7.05. The van der Waals surface area contributed by atoms with Gasteiger partial charge < -0.3 is 14.7 Å². The van der Waals surface area contributed by atoms with Crippen LogP contribution in [0, 0.1) is 5.41 Å². The van der Waals surface area contributed by atoms with E-state index in [1.807, 2.05) is 39.0 Å². The van der Waals surface area contributed by atoms with Crippen molar-refractivity contribution in [3.8, 4) is 0 Å². The first-order valence-corrected chi connectivity index (χ1v) is 7.83. The minimum atomic E-state index is -0.868. The summed E-state index contributed by atoms with van der Waals surface area (Å²) in [6.07, 6.45) is 2.47. The maximum absolute atomic E-state index is 12.1. The average molecular weight is 320 g/mol. The van der Waals surface area contributed by atoms with Crippen molar-refractivity contribution in [3.05, 3.63) is 30.1 Å². The molecule has 6 nitrogen and oxygen atoms in total. The van der Waals surface area contributed by atoms with Crippen molar-refractivity contribution in [2.75, 3.05) is 13.1 Å². The van der Waals surface area contributed by atoms with E-state index in [0.29, 0.717) is 32.4 Å². The van der Waals surface area contributed by atoms with Crippen molar-refractivity contribution < 1.29 is 19.4 Å². The molecule has 1 N–H and O–H groups in total. The van der Waals surface area contributed by atoms with Gasteiger partial charge in [0.25, 0.3) is 0 Å². The van der Waals surface area contributed by atoms with E-state index in [4.69, 9.17) is 4.74 Å². The first-order chi connectivity index (χ1) is 10.7. The Kier molecular flexibility index (Phi) is 4.92. The lowest BCUT2D eigenvalue weighted by atomic mass is 9.75. The highest BCUT2D eigenvalue weighted by Gasteiger charge is 2.43. The maximum Gasteiger partial charge on any atom is 0.410 e. The number of piperidine rings is 1. The number of aromatic nitrogens is 1. The molecule has 0 aromatic carbocycles. The molecule has 23 heavy (non-hydrogen) atoms. The van der Waals surface area contributed by atoms with Crippen molar-refractivity contribution >= 4 is 12.1 Å². The number of ether oxygens (including phenoxy) is 1. The highest BCUT2D eigenvalue weighted by molar-refractivity contribution is 5.76. The Balaban J connectivity index is 2.03. The molecule has 0 bridgehead atoms. The van der Waals surface area contributed by atoms with Gasteiger partial charge in [-0.15, -0.1) is 0 Å². The molecule has 0 unspecified atom stereocenters. The second-order valence-corrected chi connectivity index (χ2v) is 7.05. The fourth-order valence-corrected chi connectivity index (χ4v) is 2.76. The molecule has 1 fully saturated rings. The maximum atomic E-state index is 12.1. The van der Waals surface area contributed by atoms with Gasteiger partial charge >= 0.3 is 12.1 Å². The van der Waals surface area contributed by atoms with Gasteiger partial charge in [-0.2, -0.15) is 0 Å². The van der Waals surface area contributed by atoms with Gasteiger partial charge in [-0.25, -0.2) is 4.79 Å². The van der Waals surface area contributed by atoms with E-state index in [0.717, 1.165) is 5.69 Å². The Bertz CT molecular complexity index is 558. The van der Waals surface area contributed by atoms with Crippen LogP contribution in [0.5, 0.6) is 0 Å². The Morgan fingerprint density at radius 2 is 1.96 bits per heavy atom. The highest BCUT2D eigenvalue weighted by atomic mass is 16.6. The summed E-state index contributed by atoms with van der Waals surface area (Å²) in [4.78, 5) is 29.7. The normalized spacial score (nSPS) is 17.6. The molecule has 1 amide bonds. The molecule has 1 saturated heterocycles. The van der Waals surface area contributed by atoms with Crippen molar-refractivity contribution in [1.82, 2.24) is 9.88 Å². The topological polar surface area (TPSA) is 79.7 Å². The number of carbonyl (C=O) groups is 2. The summed E-state index contributed by atoms with van der Waals surface area (Å²) in [5, 5.41) is 9.70. The van der Waals surface area contributed by atoms with E-state index >= 15 is 0 Å². The van der Waals surface area contributed by atoms with Crippen molar-refractivity contribution in [2.45, 2.75) is 45.6 Å². The monoisotopic (exact) mass is 320 g/mol. The summed E-state index contributed by atoms with van der Waals surface area (Å²) in [6, 6.07) is 5.50. The molecule has 1 aliphatic heterocycles. The van der Waals surface area contributed by atoms with Gasteiger partial charge in [0.2, 0.25) is 0 Å². The molecule has 2 heterocycles. The minimum absolute atomic E-state index is 0.380. The van der Waals surface area contributed by atoms with Gasteiger partial charge in [-0.1, -0.05) is 6.07 Å². The third-order valence-corrected chi connectivity index (χ3v) is 4.07. The van der Waals surface area contributed by atoms with Crippen LogP contribution in [0.2, 0.25) is 0 Å². The number of hydrogen-bond acceptors (Lipinski definition) is 4. The molecule has 126 valence electrons. The predicted octanol–water partition coefficient (Wildman–Crippen LogP) is 2.73. The van der Waals surface area contributed by atoms with Crippen molar-refractivity contribution in [3.63, 3.8) is 0 Å². The molecule has 0 aliphatic carbocycles. The van der Waals surface area contributed by atoms with Gasteiger partial charge in [0, 0.05) is 31.4 Å². The number of carbonyl (C=O) groups excluding carboxylic acids is 1. The van der Waals surface area contributed by atoms with Crippen LogP contribution >= 0.6 is 0 Å². The van der Waals surface area contributed by atoms with Crippen LogP contribution in [0.1, 0.15) is 39.3 Å². The predicted molar refractivity (Wildman–Crippen MR) is 85.1 cm³/mol. The number of carboxylic acid groups (broad SMARTS) is 1. The van der Waals surface area contributed by atoms with E-state index in [1.54, 1.807) is 11.1 Å². The van der Waals surface area contributed by atoms with E-state index in [1.165, 1.54) is 0 Å². The van der Waals surface area contributed by atoms with Crippen LogP contribution in [-0.2, 0) is 16.0 Å². The number of rotatable bonds is 3. The van der Waals surface area contributed by atoms with E-state index in [9.17, 15) is 14.7 Å². The van der Waals surface area contributed by atoms with Crippen LogP contribution in [0.25, 0.3) is 0 Å². The smallest absolute Gasteiger partial charge is 0.410 e. The molecular weight excluding hydrogens is 296 g/mol. The lowest BCUT2D eigenvalue weighted by molar-refractivity contribution is -0.152. The average Bonchev–Trinajstić information content (AvgIpc) is 2.47. The van der Waals surface area contributed by atoms with E-state index in [2.05, 4.69) is 4.98 Å². The Hall–Kier alpha value is -2.11. The van der Waals surface area contributed by atoms with Gasteiger partial charge in [-0.05, 0) is 45.7 Å². The second kappa shape index (κ2) is 6.56. The van der Waals surface area contributed by atoms with Gasteiger partial charge in [-0.3, -0.25) is 9.78 Å². The zero-order chi connectivity index (χ0) is 17.1. The molecule has 0 atom stereocenters. The summed E-state index contributed by atoms with van der Waals surface area (Å²) in [6.45, 7) is 6.22. The van der Waals surface area contributed by atoms with Crippen molar-refractivity contribution in [2.24, 2.45) is 5.41 Å². The number of carboxylic acids is 1. The number of hydrogen-bond donors (Lipinski definition) is 1. The first-order valence-electron chi connectivity index (χ1n) is 7.83. The van der Waals surface area contributed by atoms with Crippen LogP contribution < -0.4 is 0 Å². The number of pyridine rings is 1. The quantitative estimate of drug-likeness (QED) is 0.926. The van der Waals surface area contributed by atoms with Crippen LogP contribution in [0.4, 0.5) is 4.79 Å². The third-order valence-electron chi connectivity index (χ3n) is 4.07.